The van der Waals surface area contributed by atoms with Gasteiger partial charge in [0.05, 0.1) is 19.3 Å². The molecule has 2 aliphatic rings. The minimum atomic E-state index is -0.265. The van der Waals surface area contributed by atoms with Crippen molar-refractivity contribution in [2.45, 2.75) is 24.8 Å². The highest BCUT2D eigenvalue weighted by Gasteiger charge is 2.33. The topological polar surface area (TPSA) is 80.2 Å². The Morgan fingerprint density at radius 1 is 1.42 bits per heavy atom. The molecule has 3 heterocycles. The number of morpholine rings is 1. The zero-order chi connectivity index (χ0) is 16.7. The molecule has 7 nitrogen and oxygen atoms in total. The van der Waals surface area contributed by atoms with E-state index in [2.05, 4.69) is 9.97 Å². The smallest absolute Gasteiger partial charge is 0.273 e. The summed E-state index contributed by atoms with van der Waals surface area (Å²) < 4.78 is 7.56. The predicted octanol–water partition coefficient (Wildman–Crippen LogP) is 1.20. The molecule has 126 valence electrons. The molecule has 0 bridgehead atoms. The fourth-order valence-corrected chi connectivity index (χ4v) is 3.20. The van der Waals surface area contributed by atoms with Gasteiger partial charge < -0.3 is 19.2 Å². The summed E-state index contributed by atoms with van der Waals surface area (Å²) >= 11 is 0. The molecule has 7 heteroatoms. The molecule has 1 N–H and O–H groups in total. The number of aromatic nitrogens is 3. The molecule has 1 amide bonds. The Hall–Kier alpha value is -2.41. The third-order valence-electron chi connectivity index (χ3n) is 4.66. The SMILES string of the molecule is Cn1cccc1C1COCCN1C(=O)c1cc(=O)[nH]c(C2CC2)n1. The van der Waals surface area contributed by atoms with Crippen molar-refractivity contribution < 1.29 is 9.53 Å². The van der Waals surface area contributed by atoms with Gasteiger partial charge in [0, 0.05) is 37.5 Å². The molecule has 4 rings (SSSR count). The van der Waals surface area contributed by atoms with Crippen LogP contribution < -0.4 is 5.56 Å². The number of carbonyl (C=O) groups is 1. The Morgan fingerprint density at radius 2 is 2.25 bits per heavy atom. The number of rotatable bonds is 3. The van der Waals surface area contributed by atoms with Crippen molar-refractivity contribution in [2.75, 3.05) is 19.8 Å². The summed E-state index contributed by atoms with van der Waals surface area (Å²) in [6.07, 6.45) is 3.98. The molecule has 1 saturated heterocycles. The van der Waals surface area contributed by atoms with Gasteiger partial charge in [-0.05, 0) is 25.0 Å². The van der Waals surface area contributed by atoms with Crippen LogP contribution in [0.5, 0.6) is 0 Å². The second-order valence-corrected chi connectivity index (χ2v) is 6.42. The van der Waals surface area contributed by atoms with E-state index in [9.17, 15) is 9.59 Å². The molecule has 1 aliphatic heterocycles. The molecule has 0 radical (unpaired) electrons. The van der Waals surface area contributed by atoms with Crippen molar-refractivity contribution in [3.05, 3.63) is 52.0 Å². The molecule has 0 aromatic carbocycles. The van der Waals surface area contributed by atoms with Gasteiger partial charge in [-0.25, -0.2) is 4.98 Å². The van der Waals surface area contributed by atoms with Crippen molar-refractivity contribution in [3.8, 4) is 0 Å². The van der Waals surface area contributed by atoms with E-state index in [1.54, 1.807) is 4.90 Å². The molecular formula is C17H20N4O3. The van der Waals surface area contributed by atoms with Crippen LogP contribution >= 0.6 is 0 Å². The number of hydrogen-bond donors (Lipinski definition) is 1. The molecule has 1 unspecified atom stereocenters. The average molecular weight is 328 g/mol. The maximum Gasteiger partial charge on any atom is 0.273 e. The van der Waals surface area contributed by atoms with Crippen molar-refractivity contribution in [2.24, 2.45) is 7.05 Å². The summed E-state index contributed by atoms with van der Waals surface area (Å²) in [5, 5.41) is 0. The third kappa shape index (κ3) is 2.75. The molecule has 2 fully saturated rings. The van der Waals surface area contributed by atoms with E-state index in [-0.39, 0.29) is 23.2 Å². The van der Waals surface area contributed by atoms with Crippen LogP contribution in [0.1, 0.15) is 46.8 Å². The largest absolute Gasteiger partial charge is 0.377 e. The summed E-state index contributed by atoms with van der Waals surface area (Å²) in [5.41, 5.74) is 0.969. The minimum absolute atomic E-state index is 0.170. The fourth-order valence-electron chi connectivity index (χ4n) is 3.20. The van der Waals surface area contributed by atoms with E-state index in [1.807, 2.05) is 29.9 Å². The van der Waals surface area contributed by atoms with Gasteiger partial charge in [0.15, 0.2) is 0 Å². The van der Waals surface area contributed by atoms with Crippen LogP contribution in [0.3, 0.4) is 0 Å². The number of nitrogens with one attached hydrogen (secondary N) is 1. The van der Waals surface area contributed by atoms with Crippen LogP contribution in [0.4, 0.5) is 0 Å². The molecule has 24 heavy (non-hydrogen) atoms. The molecule has 1 saturated carbocycles. The number of aromatic amines is 1. The van der Waals surface area contributed by atoms with Crippen LogP contribution in [0.25, 0.3) is 0 Å². The van der Waals surface area contributed by atoms with Gasteiger partial charge in [-0.3, -0.25) is 9.59 Å². The van der Waals surface area contributed by atoms with E-state index < -0.39 is 0 Å². The van der Waals surface area contributed by atoms with Crippen molar-refractivity contribution in [1.82, 2.24) is 19.4 Å². The first kappa shape index (κ1) is 15.1. The van der Waals surface area contributed by atoms with Crippen molar-refractivity contribution >= 4 is 5.91 Å². The molecule has 2 aromatic heterocycles. The summed E-state index contributed by atoms with van der Waals surface area (Å²) in [5.74, 6) is 0.714. The van der Waals surface area contributed by atoms with Gasteiger partial charge in [-0.15, -0.1) is 0 Å². The minimum Gasteiger partial charge on any atom is -0.377 e. The second-order valence-electron chi connectivity index (χ2n) is 6.42. The van der Waals surface area contributed by atoms with E-state index in [0.717, 1.165) is 18.5 Å². The predicted molar refractivity (Wildman–Crippen MR) is 86.8 cm³/mol. The Balaban J connectivity index is 1.67. The monoisotopic (exact) mass is 328 g/mol. The summed E-state index contributed by atoms with van der Waals surface area (Å²) in [6.45, 7) is 1.43. The maximum absolute atomic E-state index is 13.0. The van der Waals surface area contributed by atoms with Crippen LogP contribution in [-0.2, 0) is 11.8 Å². The summed E-state index contributed by atoms with van der Waals surface area (Å²) in [6, 6.07) is 5.06. The number of ether oxygens (including phenoxy) is 1. The fraction of sp³-hybridized carbons (Fsp3) is 0.471. The zero-order valence-corrected chi connectivity index (χ0v) is 13.6. The van der Waals surface area contributed by atoms with Gasteiger partial charge in [0.25, 0.3) is 11.5 Å². The lowest BCUT2D eigenvalue weighted by molar-refractivity contribution is -0.00497. The first-order chi connectivity index (χ1) is 11.6. The van der Waals surface area contributed by atoms with Gasteiger partial charge in [-0.1, -0.05) is 0 Å². The number of hydrogen-bond acceptors (Lipinski definition) is 4. The van der Waals surface area contributed by atoms with Crippen LogP contribution in [0.2, 0.25) is 0 Å². The highest BCUT2D eigenvalue weighted by molar-refractivity contribution is 5.92. The zero-order valence-electron chi connectivity index (χ0n) is 13.6. The van der Waals surface area contributed by atoms with Gasteiger partial charge in [-0.2, -0.15) is 0 Å². The highest BCUT2D eigenvalue weighted by atomic mass is 16.5. The van der Waals surface area contributed by atoms with Crippen LogP contribution in [-0.4, -0.2) is 45.1 Å². The lowest BCUT2D eigenvalue weighted by Crippen LogP contribution is -2.44. The first-order valence-corrected chi connectivity index (χ1v) is 8.24. The third-order valence-corrected chi connectivity index (χ3v) is 4.66. The Labute approximate surface area is 139 Å². The Morgan fingerprint density at radius 3 is 2.96 bits per heavy atom. The Kier molecular flexibility index (Phi) is 3.72. The molecule has 2 aromatic rings. The summed E-state index contributed by atoms with van der Waals surface area (Å²) in [4.78, 5) is 33.8. The van der Waals surface area contributed by atoms with Crippen molar-refractivity contribution in [3.63, 3.8) is 0 Å². The molecule has 0 spiro atoms. The van der Waals surface area contributed by atoms with Gasteiger partial charge in [0.1, 0.15) is 11.5 Å². The quantitative estimate of drug-likeness (QED) is 0.918. The van der Waals surface area contributed by atoms with E-state index >= 15 is 0 Å². The lowest BCUT2D eigenvalue weighted by Gasteiger charge is -2.35. The van der Waals surface area contributed by atoms with Crippen LogP contribution in [0, 0.1) is 0 Å². The van der Waals surface area contributed by atoms with E-state index in [1.165, 1.54) is 6.07 Å². The van der Waals surface area contributed by atoms with Crippen LogP contribution in [0.15, 0.2) is 29.2 Å². The number of aryl methyl sites for hydroxylation is 1. The Bertz CT molecular complexity index is 821. The molecule has 1 aliphatic carbocycles. The molecular weight excluding hydrogens is 308 g/mol. The van der Waals surface area contributed by atoms with E-state index in [0.29, 0.717) is 31.5 Å². The first-order valence-electron chi connectivity index (χ1n) is 8.24. The standard InChI is InChI=1S/C17H20N4O3/c1-20-6-2-3-13(20)14-10-24-8-7-21(14)17(23)12-9-15(22)19-16(18-12)11-4-5-11/h2-3,6,9,11,14H,4-5,7-8,10H2,1H3,(H,18,19,22). The van der Waals surface area contributed by atoms with E-state index in [4.69, 9.17) is 4.74 Å². The normalized spacial score (nSPS) is 21.0. The van der Waals surface area contributed by atoms with Crippen molar-refractivity contribution in [1.29, 1.82) is 0 Å². The number of H-pyrrole nitrogens is 1. The maximum atomic E-state index is 13.0. The molecule has 1 atom stereocenters. The number of nitrogens with zero attached hydrogens (tertiary/aromatic N) is 3. The lowest BCUT2D eigenvalue weighted by atomic mass is 10.1. The van der Waals surface area contributed by atoms with Gasteiger partial charge >= 0.3 is 0 Å². The van der Waals surface area contributed by atoms with Gasteiger partial charge in [0.2, 0.25) is 0 Å². The highest BCUT2D eigenvalue weighted by Crippen LogP contribution is 2.37. The second kappa shape index (κ2) is 5.90. The summed E-state index contributed by atoms with van der Waals surface area (Å²) in [7, 11) is 1.95. The number of carbonyl (C=O) groups excluding carboxylic acids is 1. The number of amides is 1. The average Bonchev–Trinajstić information content (AvgIpc) is 3.35.